The number of amides is 1. The van der Waals surface area contributed by atoms with Crippen LogP contribution >= 0.6 is 11.6 Å². The third kappa shape index (κ3) is 6.34. The number of halogens is 1. The molecular weight excluding hydrogens is 326 g/mol. The molecule has 0 saturated carbocycles. The van der Waals surface area contributed by atoms with Crippen LogP contribution in [0.1, 0.15) is 36.2 Å². The van der Waals surface area contributed by atoms with Crippen molar-refractivity contribution in [2.75, 3.05) is 18.0 Å². The van der Waals surface area contributed by atoms with E-state index in [2.05, 4.69) is 20.3 Å². The Morgan fingerprint density at radius 1 is 1.17 bits per heavy atom. The first-order valence-electron chi connectivity index (χ1n) is 6.72. The monoisotopic (exact) mass is 343 g/mol. The van der Waals surface area contributed by atoms with Gasteiger partial charge in [-0.3, -0.25) is 19.9 Å². The van der Waals surface area contributed by atoms with Crippen LogP contribution in [0.3, 0.4) is 0 Å². The number of carbonyl (C=O) groups is 2. The van der Waals surface area contributed by atoms with Gasteiger partial charge in [0.15, 0.2) is 28.4 Å². The van der Waals surface area contributed by atoms with E-state index in [1.54, 1.807) is 0 Å². The Bertz CT molecular complexity index is 621. The number of nitrogens with two attached hydrogens (primary N) is 3. The lowest BCUT2D eigenvalue weighted by molar-refractivity contribution is -0.137. The minimum absolute atomic E-state index is 0.0799. The number of unbranched alkanes of at least 4 members (excludes halogenated alkanes) is 2. The maximum absolute atomic E-state index is 11.9. The van der Waals surface area contributed by atoms with Gasteiger partial charge < -0.3 is 22.3 Å². The van der Waals surface area contributed by atoms with E-state index in [9.17, 15) is 9.59 Å². The number of nitrogen functional groups attached to an aromatic ring is 2. The van der Waals surface area contributed by atoms with E-state index in [1.165, 1.54) is 0 Å². The fourth-order valence-electron chi connectivity index (χ4n) is 1.59. The summed E-state index contributed by atoms with van der Waals surface area (Å²) < 4.78 is 0. The Morgan fingerprint density at radius 3 is 2.52 bits per heavy atom. The van der Waals surface area contributed by atoms with Crippen molar-refractivity contribution < 1.29 is 14.7 Å². The van der Waals surface area contributed by atoms with Crippen molar-refractivity contribution in [3.05, 3.63) is 10.8 Å². The highest BCUT2D eigenvalue weighted by Gasteiger charge is 2.16. The first-order valence-corrected chi connectivity index (χ1v) is 7.10. The largest absolute Gasteiger partial charge is 0.481 e. The molecular formula is C12H18ClN7O3. The van der Waals surface area contributed by atoms with Gasteiger partial charge in [-0.1, -0.05) is 18.0 Å². The molecule has 1 amide bonds. The van der Waals surface area contributed by atoms with Crippen LogP contribution in [0.15, 0.2) is 4.99 Å². The first-order chi connectivity index (χ1) is 10.8. The van der Waals surface area contributed by atoms with Crippen LogP contribution in [-0.4, -0.2) is 39.5 Å². The maximum atomic E-state index is 11.9. The van der Waals surface area contributed by atoms with Gasteiger partial charge in [-0.15, -0.1) is 0 Å². The van der Waals surface area contributed by atoms with Crippen molar-refractivity contribution in [3.8, 4) is 0 Å². The van der Waals surface area contributed by atoms with Crippen LogP contribution in [0.2, 0.25) is 5.15 Å². The highest BCUT2D eigenvalue weighted by Crippen LogP contribution is 2.17. The van der Waals surface area contributed by atoms with E-state index in [4.69, 9.17) is 33.9 Å². The van der Waals surface area contributed by atoms with Crippen LogP contribution in [0.25, 0.3) is 0 Å². The van der Waals surface area contributed by atoms with E-state index >= 15 is 0 Å². The lowest BCUT2D eigenvalue weighted by Crippen LogP contribution is -2.38. The summed E-state index contributed by atoms with van der Waals surface area (Å²) in [5.74, 6) is -1.90. The van der Waals surface area contributed by atoms with Crippen molar-refractivity contribution in [2.24, 2.45) is 10.7 Å². The number of nitrogens with one attached hydrogen (secondary N) is 1. The zero-order valence-electron chi connectivity index (χ0n) is 12.3. The summed E-state index contributed by atoms with van der Waals surface area (Å²) in [5.41, 5.74) is 16.3. The van der Waals surface area contributed by atoms with E-state index in [1.807, 2.05) is 0 Å². The number of aliphatic carboxylic acids is 1. The summed E-state index contributed by atoms with van der Waals surface area (Å²) in [6.45, 7) is 0.357. The Labute approximate surface area is 137 Å². The average Bonchev–Trinajstić information content (AvgIpc) is 2.46. The normalized spacial score (nSPS) is 11.3. The van der Waals surface area contributed by atoms with Crippen LogP contribution in [0, 0.1) is 0 Å². The van der Waals surface area contributed by atoms with Crippen molar-refractivity contribution >= 4 is 41.1 Å². The third-order valence-electron chi connectivity index (χ3n) is 2.69. The zero-order valence-corrected chi connectivity index (χ0v) is 13.0. The molecule has 1 heterocycles. The standard InChI is InChI=1S/C12H18ClN7O3/c13-8-10(15)19-9(14)7(18-8)11(23)20-12(16)17-5-3-1-2-4-6(21)22/h1-5H2,(H,21,22)(H4,14,15,19)(H3,16,17,20,23). The van der Waals surface area contributed by atoms with E-state index in [0.29, 0.717) is 25.8 Å². The van der Waals surface area contributed by atoms with Gasteiger partial charge in [0.25, 0.3) is 5.91 Å². The lowest BCUT2D eigenvalue weighted by atomic mass is 10.2. The highest BCUT2D eigenvalue weighted by molar-refractivity contribution is 6.31. The fraction of sp³-hybridized carbons (Fsp3) is 0.417. The average molecular weight is 344 g/mol. The zero-order chi connectivity index (χ0) is 17.4. The molecule has 0 radical (unpaired) electrons. The van der Waals surface area contributed by atoms with Crippen molar-refractivity contribution in [1.82, 2.24) is 15.3 Å². The van der Waals surface area contributed by atoms with Crippen LogP contribution < -0.4 is 22.5 Å². The summed E-state index contributed by atoms with van der Waals surface area (Å²) in [6.07, 6.45) is 2.03. The van der Waals surface area contributed by atoms with Crippen LogP contribution in [-0.2, 0) is 4.79 Å². The summed E-state index contributed by atoms with van der Waals surface area (Å²) in [5, 5.41) is 10.7. The summed E-state index contributed by atoms with van der Waals surface area (Å²) >= 11 is 5.68. The Morgan fingerprint density at radius 2 is 1.87 bits per heavy atom. The maximum Gasteiger partial charge on any atom is 0.303 e. The number of anilines is 2. The molecule has 0 bridgehead atoms. The molecule has 0 aliphatic carbocycles. The summed E-state index contributed by atoms with van der Waals surface area (Å²) in [4.78, 5) is 33.6. The number of nitrogens with zero attached hydrogens (tertiary/aromatic N) is 3. The molecule has 11 heteroatoms. The van der Waals surface area contributed by atoms with Gasteiger partial charge in [0.05, 0.1) is 0 Å². The second-order valence-corrected chi connectivity index (χ2v) is 4.92. The SMILES string of the molecule is NC(=NCCCCCC(=O)O)NC(=O)c1nc(Cl)c(N)nc1N. The number of rotatable bonds is 7. The minimum Gasteiger partial charge on any atom is -0.481 e. The van der Waals surface area contributed by atoms with Crippen molar-refractivity contribution in [3.63, 3.8) is 0 Å². The van der Waals surface area contributed by atoms with Gasteiger partial charge in [0, 0.05) is 13.0 Å². The Kier molecular flexibility index (Phi) is 7.00. The van der Waals surface area contributed by atoms with Gasteiger partial charge in [-0.05, 0) is 12.8 Å². The number of guanidine groups is 1. The number of hydrogen-bond acceptors (Lipinski definition) is 7. The molecule has 0 aliphatic heterocycles. The van der Waals surface area contributed by atoms with Gasteiger partial charge in [0.2, 0.25) is 0 Å². The summed E-state index contributed by atoms with van der Waals surface area (Å²) in [7, 11) is 0. The van der Waals surface area contributed by atoms with Gasteiger partial charge in [-0.25, -0.2) is 9.97 Å². The molecule has 23 heavy (non-hydrogen) atoms. The molecule has 0 spiro atoms. The number of aliphatic imine (C=N–C) groups is 1. The predicted molar refractivity (Wildman–Crippen MR) is 85.9 cm³/mol. The molecule has 1 aromatic rings. The molecule has 10 nitrogen and oxygen atoms in total. The molecule has 1 rings (SSSR count). The van der Waals surface area contributed by atoms with Crippen molar-refractivity contribution in [2.45, 2.75) is 25.7 Å². The third-order valence-corrected chi connectivity index (χ3v) is 2.97. The molecule has 0 aliphatic rings. The van der Waals surface area contributed by atoms with Crippen LogP contribution in [0.5, 0.6) is 0 Å². The van der Waals surface area contributed by atoms with Crippen molar-refractivity contribution in [1.29, 1.82) is 0 Å². The number of carbonyl (C=O) groups excluding carboxylic acids is 1. The van der Waals surface area contributed by atoms with Gasteiger partial charge >= 0.3 is 5.97 Å². The topological polar surface area (TPSA) is 183 Å². The molecule has 8 N–H and O–H groups in total. The molecule has 0 aromatic carbocycles. The molecule has 1 aromatic heterocycles. The lowest BCUT2D eigenvalue weighted by Gasteiger charge is -2.07. The number of carboxylic acids is 1. The Balaban J connectivity index is 2.49. The highest BCUT2D eigenvalue weighted by atomic mass is 35.5. The molecule has 0 atom stereocenters. The smallest absolute Gasteiger partial charge is 0.303 e. The number of carboxylic acid groups (broad SMARTS) is 1. The van der Waals surface area contributed by atoms with Crippen LogP contribution in [0.4, 0.5) is 11.6 Å². The van der Waals surface area contributed by atoms with E-state index in [-0.39, 0.29) is 34.9 Å². The molecule has 126 valence electrons. The Hall–Kier alpha value is -2.62. The molecule has 0 saturated heterocycles. The minimum atomic E-state index is -0.832. The second-order valence-electron chi connectivity index (χ2n) is 4.56. The molecule has 0 fully saturated rings. The van der Waals surface area contributed by atoms with Gasteiger partial charge in [0.1, 0.15) is 0 Å². The number of hydrogen-bond donors (Lipinski definition) is 5. The quantitative estimate of drug-likeness (QED) is 0.260. The predicted octanol–water partition coefficient (Wildman–Crippen LogP) is -0.0161. The molecule has 0 unspecified atom stereocenters. The second kappa shape index (κ2) is 8.73. The van der Waals surface area contributed by atoms with Gasteiger partial charge in [-0.2, -0.15) is 0 Å². The van der Waals surface area contributed by atoms with E-state index < -0.39 is 11.9 Å². The van der Waals surface area contributed by atoms with E-state index in [0.717, 1.165) is 0 Å². The number of aromatic nitrogens is 2. The summed E-state index contributed by atoms with van der Waals surface area (Å²) in [6, 6.07) is 0. The first kappa shape index (κ1) is 18.4. The fourth-order valence-corrected chi connectivity index (χ4v) is 1.71.